The highest BCUT2D eigenvalue weighted by Crippen LogP contribution is 1.93. The molecule has 0 spiro atoms. The van der Waals surface area contributed by atoms with E-state index in [1.54, 1.807) is 0 Å². The predicted octanol–water partition coefficient (Wildman–Crippen LogP) is 7.83. The first kappa shape index (κ1) is 30.9. The van der Waals surface area contributed by atoms with Crippen LogP contribution >= 0.6 is 0 Å². The number of allylic oxidation sites excluding steroid dienone is 3. The van der Waals surface area contributed by atoms with Gasteiger partial charge in [0.25, 0.3) is 0 Å². The average molecular weight is 271 g/mol. The van der Waals surface area contributed by atoms with Crippen LogP contribution in [-0.4, -0.2) is 0 Å². The van der Waals surface area contributed by atoms with E-state index in [-0.39, 0.29) is 0 Å². The monoisotopic (exact) mass is 270 g/mol. The van der Waals surface area contributed by atoms with Crippen molar-refractivity contribution in [2.45, 2.75) is 82.1 Å². The number of hydrogen-bond donors (Lipinski definition) is 0. The molecule has 0 saturated heterocycles. The van der Waals surface area contributed by atoms with Crippen LogP contribution < -0.4 is 0 Å². The Morgan fingerprint density at radius 3 is 1.16 bits per heavy atom. The molecule has 0 aliphatic heterocycles. The molecule has 0 rings (SSSR count). The molecule has 0 unspecified atom stereocenters. The molecule has 0 saturated carbocycles. The van der Waals surface area contributed by atoms with Gasteiger partial charge in [0, 0.05) is 0 Å². The molecule has 0 radical (unpaired) electrons. The Morgan fingerprint density at radius 1 is 1.00 bits per heavy atom. The van der Waals surface area contributed by atoms with Crippen LogP contribution in [0.3, 0.4) is 0 Å². The van der Waals surface area contributed by atoms with Gasteiger partial charge in [0.05, 0.1) is 0 Å². The van der Waals surface area contributed by atoms with Gasteiger partial charge in [-0.15, -0.1) is 19.7 Å². The van der Waals surface area contributed by atoms with Gasteiger partial charge in [-0.1, -0.05) is 65.2 Å². The van der Waals surface area contributed by atoms with E-state index in [0.717, 1.165) is 12.3 Å². The smallest absolute Gasteiger partial charge is 0.0354 e. The minimum atomic E-state index is 0.884. The molecule has 0 nitrogen and oxygen atoms in total. The molecule has 19 heavy (non-hydrogen) atoms. The van der Waals surface area contributed by atoms with E-state index in [1.807, 2.05) is 27.7 Å². The fourth-order valence-electron chi connectivity index (χ4n) is 0. The van der Waals surface area contributed by atoms with Gasteiger partial charge < -0.3 is 0 Å². The van der Waals surface area contributed by atoms with Crippen molar-refractivity contribution in [1.29, 1.82) is 0 Å². The SMILES string of the molecule is C=C.C=C(C)CC.CC.CC=C(C)C.CCC(C)C. The Kier molecular flexibility index (Phi) is 58.6. The second kappa shape index (κ2) is 36.0. The summed E-state index contributed by atoms with van der Waals surface area (Å²) in [5.41, 5.74) is 2.63. The lowest BCUT2D eigenvalue weighted by Gasteiger charge is -1.90. The Bertz CT molecular complexity index is 157. The van der Waals surface area contributed by atoms with E-state index in [0.29, 0.717) is 0 Å². The fraction of sp³-hybridized carbons (Fsp3) is 0.684. The molecule has 0 aliphatic rings. The minimum Gasteiger partial charge on any atom is -0.106 e. The fourth-order valence-corrected chi connectivity index (χ4v) is 0. The Morgan fingerprint density at radius 2 is 1.16 bits per heavy atom. The Labute approximate surface area is 125 Å². The van der Waals surface area contributed by atoms with Crippen LogP contribution in [0.2, 0.25) is 0 Å². The summed E-state index contributed by atoms with van der Waals surface area (Å²) in [5, 5.41) is 0. The first-order valence-electron chi connectivity index (χ1n) is 7.55. The first-order valence-corrected chi connectivity index (χ1v) is 7.55. The molecule has 0 aromatic rings. The van der Waals surface area contributed by atoms with Crippen LogP contribution in [-0.2, 0) is 0 Å². The summed E-state index contributed by atoms with van der Waals surface area (Å²) < 4.78 is 0. The third-order valence-corrected chi connectivity index (χ3v) is 2.00. The highest BCUT2D eigenvalue weighted by Gasteiger charge is 1.80. The van der Waals surface area contributed by atoms with Crippen molar-refractivity contribution in [3.8, 4) is 0 Å². The molecular weight excluding hydrogens is 228 g/mol. The molecule has 0 fully saturated rings. The number of hydrogen-bond acceptors (Lipinski definition) is 0. The van der Waals surface area contributed by atoms with E-state index < -0.39 is 0 Å². The molecule has 0 N–H and O–H groups in total. The molecule has 0 atom stereocenters. The van der Waals surface area contributed by atoms with E-state index in [2.05, 4.69) is 67.4 Å². The summed E-state index contributed by atoms with van der Waals surface area (Å²) in [6.07, 6.45) is 4.50. The van der Waals surface area contributed by atoms with E-state index >= 15 is 0 Å². The van der Waals surface area contributed by atoms with Crippen molar-refractivity contribution in [3.05, 3.63) is 37.0 Å². The Hall–Kier alpha value is -0.780. The highest BCUT2D eigenvalue weighted by atomic mass is 13.9. The van der Waals surface area contributed by atoms with E-state index in [1.165, 1.54) is 17.6 Å². The van der Waals surface area contributed by atoms with Gasteiger partial charge in [-0.05, 0) is 40.0 Å². The molecule has 0 heterocycles. The highest BCUT2D eigenvalue weighted by molar-refractivity contribution is 4.88. The van der Waals surface area contributed by atoms with Crippen molar-refractivity contribution in [2.24, 2.45) is 5.92 Å². The predicted molar refractivity (Wildman–Crippen MR) is 97.9 cm³/mol. The lowest BCUT2D eigenvalue weighted by atomic mass is 10.2. The van der Waals surface area contributed by atoms with Crippen molar-refractivity contribution in [3.63, 3.8) is 0 Å². The van der Waals surface area contributed by atoms with Gasteiger partial charge in [0.2, 0.25) is 0 Å². The van der Waals surface area contributed by atoms with E-state index in [9.17, 15) is 0 Å². The first-order chi connectivity index (χ1) is 8.81. The minimum absolute atomic E-state index is 0.884. The van der Waals surface area contributed by atoms with Crippen molar-refractivity contribution in [2.75, 3.05) is 0 Å². The lowest BCUT2D eigenvalue weighted by Crippen LogP contribution is -1.77. The molecule has 118 valence electrons. The third kappa shape index (κ3) is 146. The standard InChI is InChI=1S/C5H12.2C5H10.C2H6.C2H4/c3*1-4-5(2)3;2*1-2/h5H,4H2,1-3H3;4H,1-3H3;2,4H2,1,3H3;1-2H3;1-2H2. The normalized spacial score (nSPS) is 6.89. The van der Waals surface area contributed by atoms with Crippen LogP contribution in [0.25, 0.3) is 0 Å². The molecular formula is C19H42. The Balaban J connectivity index is -0.0000000455. The lowest BCUT2D eigenvalue weighted by molar-refractivity contribution is 0.626. The van der Waals surface area contributed by atoms with Crippen LogP contribution in [0, 0.1) is 5.92 Å². The van der Waals surface area contributed by atoms with Gasteiger partial charge in [-0.2, -0.15) is 0 Å². The van der Waals surface area contributed by atoms with Crippen LogP contribution in [0.5, 0.6) is 0 Å². The van der Waals surface area contributed by atoms with Crippen LogP contribution in [0.1, 0.15) is 82.1 Å². The summed E-state index contributed by atoms with van der Waals surface area (Å²) in [5.74, 6) is 0.884. The maximum atomic E-state index is 3.67. The second-order valence-corrected chi connectivity index (χ2v) is 4.48. The van der Waals surface area contributed by atoms with E-state index in [4.69, 9.17) is 0 Å². The zero-order chi connectivity index (χ0) is 16.9. The summed E-state index contributed by atoms with van der Waals surface area (Å²) in [7, 11) is 0. The third-order valence-electron chi connectivity index (χ3n) is 2.00. The van der Waals surface area contributed by atoms with Crippen LogP contribution in [0.15, 0.2) is 37.0 Å². The van der Waals surface area contributed by atoms with Crippen molar-refractivity contribution in [1.82, 2.24) is 0 Å². The average Bonchev–Trinajstić information content (AvgIpc) is 2.44. The zero-order valence-electron chi connectivity index (χ0n) is 15.7. The van der Waals surface area contributed by atoms with Gasteiger partial charge in [-0.3, -0.25) is 0 Å². The topological polar surface area (TPSA) is 0 Å². The summed E-state index contributed by atoms with van der Waals surface area (Å²) in [6, 6.07) is 0. The summed E-state index contributed by atoms with van der Waals surface area (Å²) in [4.78, 5) is 0. The van der Waals surface area contributed by atoms with Crippen LogP contribution in [0.4, 0.5) is 0 Å². The van der Waals surface area contributed by atoms with Crippen molar-refractivity contribution < 1.29 is 0 Å². The van der Waals surface area contributed by atoms with Gasteiger partial charge in [-0.25, -0.2) is 0 Å². The zero-order valence-corrected chi connectivity index (χ0v) is 15.7. The number of rotatable bonds is 2. The maximum absolute atomic E-state index is 3.67. The second-order valence-electron chi connectivity index (χ2n) is 4.48. The molecule has 0 aromatic heterocycles. The van der Waals surface area contributed by atoms with Crippen molar-refractivity contribution >= 4 is 0 Å². The molecule has 0 bridgehead atoms. The molecule has 0 heteroatoms. The maximum Gasteiger partial charge on any atom is -0.0354 e. The van der Waals surface area contributed by atoms with Gasteiger partial charge in [0.15, 0.2) is 0 Å². The van der Waals surface area contributed by atoms with Gasteiger partial charge in [0.1, 0.15) is 0 Å². The quantitative estimate of drug-likeness (QED) is 0.448. The molecule has 0 aliphatic carbocycles. The van der Waals surface area contributed by atoms with Gasteiger partial charge >= 0.3 is 0 Å². The largest absolute Gasteiger partial charge is 0.106 e. The molecule has 0 amide bonds. The summed E-state index contributed by atoms with van der Waals surface area (Å²) in [6.45, 7) is 30.6. The molecule has 0 aromatic carbocycles. The summed E-state index contributed by atoms with van der Waals surface area (Å²) >= 11 is 0.